The van der Waals surface area contributed by atoms with E-state index in [1.54, 1.807) is 12.1 Å². The normalized spacial score (nSPS) is 19.2. The Morgan fingerprint density at radius 3 is 2.83 bits per heavy atom. The third-order valence-corrected chi connectivity index (χ3v) is 4.42. The summed E-state index contributed by atoms with van der Waals surface area (Å²) in [6.45, 7) is 6.92. The lowest BCUT2D eigenvalue weighted by atomic mass is 9.97. The first-order chi connectivity index (χ1) is 11.0. The Bertz CT molecular complexity index is 683. The molecule has 1 atom stereocenters. The molecule has 23 heavy (non-hydrogen) atoms. The molecule has 0 unspecified atom stereocenters. The zero-order valence-corrected chi connectivity index (χ0v) is 13.6. The van der Waals surface area contributed by atoms with E-state index in [9.17, 15) is 8.78 Å². The molecule has 3 rings (SSSR count). The molecule has 1 aromatic carbocycles. The van der Waals surface area contributed by atoms with Crippen LogP contribution in [0.1, 0.15) is 30.1 Å². The molecule has 1 aliphatic rings. The highest BCUT2D eigenvalue weighted by Crippen LogP contribution is 2.22. The van der Waals surface area contributed by atoms with Crippen LogP contribution in [-0.4, -0.2) is 32.8 Å². The van der Waals surface area contributed by atoms with E-state index in [1.807, 2.05) is 18.5 Å². The van der Waals surface area contributed by atoms with Gasteiger partial charge in [0.15, 0.2) is 11.6 Å². The number of hydrogen-bond acceptors (Lipinski definition) is 3. The van der Waals surface area contributed by atoms with Crippen LogP contribution in [0.4, 0.5) is 8.78 Å². The highest BCUT2D eigenvalue weighted by Gasteiger charge is 2.22. The third kappa shape index (κ3) is 3.75. The molecule has 1 aromatic heterocycles. The second kappa shape index (κ2) is 6.74. The standard InChI is InChI=1S/C17H22F2N4/c1-12-20-13(2)23(21-12)10-14-5-4-8-22(9-14)11-15-6-3-7-16(18)17(15)19/h3,6-7,14H,4-5,8-11H2,1-2H3/t14-/m1/s1. The number of hydrogen-bond donors (Lipinski definition) is 0. The lowest BCUT2D eigenvalue weighted by Crippen LogP contribution is -2.37. The maximum absolute atomic E-state index is 13.8. The van der Waals surface area contributed by atoms with Crippen molar-refractivity contribution in [3.8, 4) is 0 Å². The number of halogens is 2. The van der Waals surface area contributed by atoms with E-state index in [0.29, 0.717) is 18.0 Å². The first-order valence-corrected chi connectivity index (χ1v) is 8.06. The first kappa shape index (κ1) is 16.1. The smallest absolute Gasteiger partial charge is 0.163 e. The Morgan fingerprint density at radius 2 is 2.09 bits per heavy atom. The van der Waals surface area contributed by atoms with Crippen LogP contribution in [0.15, 0.2) is 18.2 Å². The molecule has 4 nitrogen and oxygen atoms in total. The summed E-state index contributed by atoms with van der Waals surface area (Å²) >= 11 is 0. The lowest BCUT2D eigenvalue weighted by Gasteiger charge is -2.32. The molecule has 0 N–H and O–H groups in total. The quantitative estimate of drug-likeness (QED) is 0.868. The largest absolute Gasteiger partial charge is 0.299 e. The Hall–Kier alpha value is -1.82. The van der Waals surface area contributed by atoms with Crippen molar-refractivity contribution < 1.29 is 8.78 Å². The monoisotopic (exact) mass is 320 g/mol. The average molecular weight is 320 g/mol. The summed E-state index contributed by atoms with van der Waals surface area (Å²) in [5, 5.41) is 4.42. The molecule has 2 aromatic rings. The molecular weight excluding hydrogens is 298 g/mol. The van der Waals surface area contributed by atoms with Crippen LogP contribution in [0.2, 0.25) is 0 Å². The minimum absolute atomic E-state index is 0.429. The highest BCUT2D eigenvalue weighted by molar-refractivity contribution is 5.18. The highest BCUT2D eigenvalue weighted by atomic mass is 19.2. The maximum atomic E-state index is 13.8. The van der Waals surface area contributed by atoms with Crippen molar-refractivity contribution >= 4 is 0 Å². The van der Waals surface area contributed by atoms with E-state index >= 15 is 0 Å². The molecule has 0 spiro atoms. The number of aryl methyl sites for hydroxylation is 2. The van der Waals surface area contributed by atoms with Crippen LogP contribution in [0.5, 0.6) is 0 Å². The van der Waals surface area contributed by atoms with Gasteiger partial charge in [-0.1, -0.05) is 12.1 Å². The van der Waals surface area contributed by atoms with Gasteiger partial charge in [-0.15, -0.1) is 0 Å². The van der Waals surface area contributed by atoms with Crippen molar-refractivity contribution in [3.63, 3.8) is 0 Å². The summed E-state index contributed by atoms with van der Waals surface area (Å²) in [6.07, 6.45) is 2.19. The van der Waals surface area contributed by atoms with E-state index in [-0.39, 0.29) is 0 Å². The molecular formula is C17H22F2N4. The van der Waals surface area contributed by atoms with Gasteiger partial charge in [-0.2, -0.15) is 5.10 Å². The SMILES string of the molecule is Cc1nc(C)n(C[C@@H]2CCCN(Cc3cccc(F)c3F)C2)n1. The van der Waals surface area contributed by atoms with Gasteiger partial charge >= 0.3 is 0 Å². The molecule has 0 bridgehead atoms. The summed E-state index contributed by atoms with van der Waals surface area (Å²) in [5.74, 6) is 0.676. The van der Waals surface area contributed by atoms with Gasteiger partial charge in [-0.05, 0) is 45.2 Å². The third-order valence-electron chi connectivity index (χ3n) is 4.42. The topological polar surface area (TPSA) is 34.0 Å². The lowest BCUT2D eigenvalue weighted by molar-refractivity contribution is 0.151. The number of aromatic nitrogens is 3. The molecule has 0 radical (unpaired) electrons. The second-order valence-electron chi connectivity index (χ2n) is 6.34. The zero-order chi connectivity index (χ0) is 16.4. The first-order valence-electron chi connectivity index (χ1n) is 8.06. The Balaban J connectivity index is 1.64. The minimum Gasteiger partial charge on any atom is -0.299 e. The Morgan fingerprint density at radius 1 is 1.26 bits per heavy atom. The molecule has 0 aliphatic carbocycles. The summed E-state index contributed by atoms with van der Waals surface area (Å²) in [5.41, 5.74) is 0.429. The molecule has 1 fully saturated rings. The van der Waals surface area contributed by atoms with Crippen molar-refractivity contribution in [2.75, 3.05) is 13.1 Å². The second-order valence-corrected chi connectivity index (χ2v) is 6.34. The number of nitrogens with zero attached hydrogens (tertiary/aromatic N) is 4. The molecule has 2 heterocycles. The van der Waals surface area contributed by atoms with Crippen LogP contribution in [0.3, 0.4) is 0 Å². The van der Waals surface area contributed by atoms with Crippen molar-refractivity contribution in [3.05, 3.63) is 47.0 Å². The van der Waals surface area contributed by atoms with Crippen LogP contribution in [0, 0.1) is 31.4 Å². The van der Waals surface area contributed by atoms with E-state index in [4.69, 9.17) is 0 Å². The van der Waals surface area contributed by atoms with E-state index in [1.165, 1.54) is 0 Å². The fourth-order valence-electron chi connectivity index (χ4n) is 3.33. The summed E-state index contributed by atoms with van der Waals surface area (Å²) in [4.78, 5) is 6.53. The van der Waals surface area contributed by atoms with Crippen molar-refractivity contribution in [1.82, 2.24) is 19.7 Å². The maximum Gasteiger partial charge on any atom is 0.163 e. The number of rotatable bonds is 4. The van der Waals surface area contributed by atoms with Gasteiger partial charge in [0.1, 0.15) is 11.6 Å². The predicted molar refractivity (Wildman–Crippen MR) is 83.9 cm³/mol. The van der Waals surface area contributed by atoms with E-state index < -0.39 is 11.6 Å². The van der Waals surface area contributed by atoms with Gasteiger partial charge < -0.3 is 0 Å². The van der Waals surface area contributed by atoms with Crippen molar-refractivity contribution in [2.45, 2.75) is 39.8 Å². The Kier molecular flexibility index (Phi) is 4.71. The van der Waals surface area contributed by atoms with Crippen LogP contribution in [-0.2, 0) is 13.1 Å². The minimum atomic E-state index is -0.773. The van der Waals surface area contributed by atoms with Gasteiger partial charge in [0.05, 0.1) is 0 Å². The number of likely N-dealkylation sites (tertiary alicyclic amines) is 1. The summed E-state index contributed by atoms with van der Waals surface area (Å²) < 4.78 is 29.1. The molecule has 6 heteroatoms. The van der Waals surface area contributed by atoms with Crippen molar-refractivity contribution in [1.29, 1.82) is 0 Å². The Labute approximate surface area is 135 Å². The van der Waals surface area contributed by atoms with E-state index in [0.717, 1.165) is 50.2 Å². The van der Waals surface area contributed by atoms with Gasteiger partial charge in [0.25, 0.3) is 0 Å². The van der Waals surface area contributed by atoms with E-state index in [2.05, 4.69) is 15.0 Å². The fraction of sp³-hybridized carbons (Fsp3) is 0.529. The molecule has 0 saturated carbocycles. The molecule has 0 amide bonds. The zero-order valence-electron chi connectivity index (χ0n) is 13.6. The molecule has 1 saturated heterocycles. The summed E-state index contributed by atoms with van der Waals surface area (Å²) in [6, 6.07) is 4.39. The van der Waals surface area contributed by atoms with Gasteiger partial charge in [-0.25, -0.2) is 18.4 Å². The number of piperidine rings is 1. The van der Waals surface area contributed by atoms with Crippen molar-refractivity contribution in [2.24, 2.45) is 5.92 Å². The van der Waals surface area contributed by atoms with Crippen LogP contribution in [0.25, 0.3) is 0 Å². The van der Waals surface area contributed by atoms with Gasteiger partial charge in [0.2, 0.25) is 0 Å². The average Bonchev–Trinajstić information content (AvgIpc) is 2.82. The summed E-state index contributed by atoms with van der Waals surface area (Å²) in [7, 11) is 0. The fourth-order valence-corrected chi connectivity index (χ4v) is 3.33. The van der Waals surface area contributed by atoms with Gasteiger partial charge in [0, 0.05) is 25.2 Å². The molecule has 124 valence electrons. The van der Waals surface area contributed by atoms with Gasteiger partial charge in [-0.3, -0.25) is 4.90 Å². The molecule has 1 aliphatic heterocycles. The predicted octanol–water partition coefficient (Wildman–Crippen LogP) is 3.09. The van der Waals surface area contributed by atoms with Crippen LogP contribution < -0.4 is 0 Å². The van der Waals surface area contributed by atoms with Crippen LogP contribution >= 0.6 is 0 Å². The number of benzene rings is 1.